The van der Waals surface area contributed by atoms with Gasteiger partial charge in [-0.05, 0) is 25.7 Å². The van der Waals surface area contributed by atoms with Crippen molar-refractivity contribution in [2.45, 2.75) is 117 Å². The second-order valence-corrected chi connectivity index (χ2v) is 10.4. The lowest BCUT2D eigenvalue weighted by Crippen LogP contribution is -2.38. The summed E-state index contributed by atoms with van der Waals surface area (Å²) < 4.78 is 12.5. The van der Waals surface area contributed by atoms with Crippen LogP contribution in [0.25, 0.3) is 0 Å². The SMILES string of the molecule is CCCCCCC=CO[Si](CCC)(CCC)OC=CCCCCCC. The molecule has 0 atom stereocenters. The molecule has 0 fully saturated rings. The van der Waals surface area contributed by atoms with Crippen LogP contribution in [0.5, 0.6) is 0 Å². The fraction of sp³-hybridized carbons (Fsp3) is 0.818. The van der Waals surface area contributed by atoms with Gasteiger partial charge < -0.3 is 8.85 Å². The first-order valence-corrected chi connectivity index (χ1v) is 13.1. The van der Waals surface area contributed by atoms with Crippen molar-refractivity contribution in [1.82, 2.24) is 0 Å². The molecule has 0 aliphatic rings. The summed E-state index contributed by atoms with van der Waals surface area (Å²) in [7, 11) is -2.12. The van der Waals surface area contributed by atoms with E-state index in [1.165, 1.54) is 51.4 Å². The summed E-state index contributed by atoms with van der Waals surface area (Å²) >= 11 is 0. The molecule has 0 saturated carbocycles. The van der Waals surface area contributed by atoms with Crippen molar-refractivity contribution in [3.63, 3.8) is 0 Å². The van der Waals surface area contributed by atoms with Gasteiger partial charge in [-0.25, -0.2) is 0 Å². The van der Waals surface area contributed by atoms with Gasteiger partial charge in [-0.3, -0.25) is 0 Å². The molecule has 3 heteroatoms. The Hall–Kier alpha value is -0.703. The van der Waals surface area contributed by atoms with E-state index < -0.39 is 8.56 Å². The summed E-state index contributed by atoms with van der Waals surface area (Å²) in [6, 6.07) is 2.14. The van der Waals surface area contributed by atoms with Gasteiger partial charge in [0.1, 0.15) is 0 Å². The minimum Gasteiger partial charge on any atom is -0.519 e. The van der Waals surface area contributed by atoms with E-state index in [9.17, 15) is 0 Å². The Morgan fingerprint density at radius 3 is 1.36 bits per heavy atom. The van der Waals surface area contributed by atoms with E-state index in [0.717, 1.165) is 37.8 Å². The van der Waals surface area contributed by atoms with Crippen molar-refractivity contribution in [2.75, 3.05) is 0 Å². The number of hydrogen-bond donors (Lipinski definition) is 0. The maximum atomic E-state index is 6.25. The molecule has 0 aliphatic heterocycles. The fourth-order valence-electron chi connectivity index (χ4n) is 3.01. The van der Waals surface area contributed by atoms with Crippen molar-refractivity contribution >= 4 is 8.56 Å². The summed E-state index contributed by atoms with van der Waals surface area (Å²) in [5.41, 5.74) is 0. The monoisotopic (exact) mass is 368 g/mol. The zero-order valence-electron chi connectivity index (χ0n) is 17.5. The molecule has 0 bridgehead atoms. The van der Waals surface area contributed by atoms with Gasteiger partial charge >= 0.3 is 8.56 Å². The molecule has 25 heavy (non-hydrogen) atoms. The summed E-state index contributed by atoms with van der Waals surface area (Å²) in [6.07, 6.45) is 23.2. The fourth-order valence-corrected chi connectivity index (χ4v) is 6.00. The maximum Gasteiger partial charge on any atom is 0.459 e. The third kappa shape index (κ3) is 14.2. The van der Waals surface area contributed by atoms with Crippen LogP contribution in [0.15, 0.2) is 24.7 Å². The Balaban J connectivity index is 4.35. The lowest BCUT2D eigenvalue weighted by molar-refractivity contribution is 0.297. The van der Waals surface area contributed by atoms with Crippen LogP contribution < -0.4 is 0 Å². The van der Waals surface area contributed by atoms with E-state index in [-0.39, 0.29) is 0 Å². The first-order chi connectivity index (χ1) is 12.2. The van der Waals surface area contributed by atoms with Crippen LogP contribution in [0.4, 0.5) is 0 Å². The topological polar surface area (TPSA) is 18.5 Å². The average Bonchev–Trinajstić information content (AvgIpc) is 2.61. The van der Waals surface area contributed by atoms with Gasteiger partial charge in [-0.15, -0.1) is 0 Å². The molecule has 0 saturated heterocycles. The highest BCUT2D eigenvalue weighted by molar-refractivity contribution is 6.67. The first kappa shape index (κ1) is 24.3. The minimum absolute atomic E-state index is 1.07. The molecule has 0 aromatic carbocycles. The van der Waals surface area contributed by atoms with Crippen LogP contribution in [-0.4, -0.2) is 8.56 Å². The average molecular weight is 369 g/mol. The molecule has 0 radical (unpaired) electrons. The van der Waals surface area contributed by atoms with E-state index in [1.54, 1.807) is 0 Å². The van der Waals surface area contributed by atoms with E-state index >= 15 is 0 Å². The van der Waals surface area contributed by atoms with Gasteiger partial charge in [0.25, 0.3) is 0 Å². The van der Waals surface area contributed by atoms with Crippen LogP contribution in [0.1, 0.15) is 105 Å². The molecule has 0 aliphatic carbocycles. The predicted octanol–water partition coefficient (Wildman–Crippen LogP) is 8.25. The summed E-state index contributed by atoms with van der Waals surface area (Å²) in [4.78, 5) is 0. The third-order valence-corrected chi connectivity index (χ3v) is 8.12. The molecule has 0 heterocycles. The Bertz CT molecular complexity index is 294. The highest BCUT2D eigenvalue weighted by Crippen LogP contribution is 2.24. The first-order valence-electron chi connectivity index (χ1n) is 10.9. The summed E-state index contributed by atoms with van der Waals surface area (Å²) in [5, 5.41) is 0. The highest BCUT2D eigenvalue weighted by Gasteiger charge is 2.38. The molecule has 2 nitrogen and oxygen atoms in total. The largest absolute Gasteiger partial charge is 0.519 e. The quantitative estimate of drug-likeness (QED) is 0.138. The van der Waals surface area contributed by atoms with E-state index in [0.29, 0.717) is 0 Å². The molecular weight excluding hydrogens is 324 g/mol. The standard InChI is InChI=1S/C22H44O2Si/c1-5-9-11-13-15-17-19-23-25(21-7-3,22-8-4)24-20-18-16-14-12-10-6-2/h17-20H,5-16,21-22H2,1-4H3. The van der Waals surface area contributed by atoms with Gasteiger partial charge in [0.2, 0.25) is 0 Å². The molecule has 0 spiro atoms. The summed E-state index contributed by atoms with van der Waals surface area (Å²) in [6.45, 7) is 8.96. The minimum atomic E-state index is -2.12. The van der Waals surface area contributed by atoms with Crippen LogP contribution in [0.3, 0.4) is 0 Å². The number of rotatable bonds is 18. The second kappa shape index (κ2) is 18.1. The van der Waals surface area contributed by atoms with Crippen LogP contribution in [0, 0.1) is 0 Å². The maximum absolute atomic E-state index is 6.25. The molecule has 0 aromatic rings. The number of hydrogen-bond acceptors (Lipinski definition) is 2. The molecule has 0 rings (SSSR count). The van der Waals surface area contributed by atoms with Crippen molar-refractivity contribution in [3.8, 4) is 0 Å². The molecule has 0 amide bonds. The predicted molar refractivity (Wildman–Crippen MR) is 114 cm³/mol. The number of allylic oxidation sites excluding steroid dienone is 2. The van der Waals surface area contributed by atoms with Crippen molar-refractivity contribution in [3.05, 3.63) is 24.7 Å². The van der Waals surface area contributed by atoms with Gasteiger partial charge in [0, 0.05) is 12.1 Å². The Morgan fingerprint density at radius 1 is 0.560 bits per heavy atom. The van der Waals surface area contributed by atoms with Crippen molar-refractivity contribution in [1.29, 1.82) is 0 Å². The smallest absolute Gasteiger partial charge is 0.459 e. The van der Waals surface area contributed by atoms with Gasteiger partial charge in [0.05, 0.1) is 12.5 Å². The molecule has 0 unspecified atom stereocenters. The van der Waals surface area contributed by atoms with Crippen LogP contribution in [-0.2, 0) is 8.85 Å². The Morgan fingerprint density at radius 2 is 1.00 bits per heavy atom. The third-order valence-electron chi connectivity index (χ3n) is 4.47. The normalized spacial score (nSPS) is 12.3. The molecular formula is C22H44O2Si. The van der Waals surface area contributed by atoms with E-state index in [1.807, 2.05) is 12.5 Å². The Labute approximate surface area is 159 Å². The number of unbranched alkanes of at least 4 members (excludes halogenated alkanes) is 8. The second-order valence-electron chi connectivity index (χ2n) is 7.09. The molecule has 0 N–H and O–H groups in total. The van der Waals surface area contributed by atoms with E-state index in [2.05, 4.69) is 39.8 Å². The highest BCUT2D eigenvalue weighted by atomic mass is 28.4. The van der Waals surface area contributed by atoms with E-state index in [4.69, 9.17) is 8.85 Å². The molecule has 0 aromatic heterocycles. The van der Waals surface area contributed by atoms with Crippen LogP contribution in [0.2, 0.25) is 12.1 Å². The zero-order valence-corrected chi connectivity index (χ0v) is 18.5. The van der Waals surface area contributed by atoms with Gasteiger partial charge in [0.15, 0.2) is 0 Å². The molecule has 148 valence electrons. The lowest BCUT2D eigenvalue weighted by Gasteiger charge is -2.28. The van der Waals surface area contributed by atoms with Crippen LogP contribution >= 0.6 is 0 Å². The van der Waals surface area contributed by atoms with Crippen molar-refractivity contribution < 1.29 is 8.85 Å². The van der Waals surface area contributed by atoms with Crippen molar-refractivity contribution in [2.24, 2.45) is 0 Å². The lowest BCUT2D eigenvalue weighted by atomic mass is 10.2. The zero-order chi connectivity index (χ0) is 18.6. The van der Waals surface area contributed by atoms with Gasteiger partial charge in [-0.2, -0.15) is 0 Å². The van der Waals surface area contributed by atoms with Gasteiger partial charge in [-0.1, -0.05) is 91.2 Å². The Kier molecular flexibility index (Phi) is 17.6. The summed E-state index contributed by atoms with van der Waals surface area (Å²) in [5.74, 6) is 0.